The molecular weight excluding hydrogens is 352 g/mol. The summed E-state index contributed by atoms with van der Waals surface area (Å²) in [5, 5.41) is 11.0. The molecule has 0 aliphatic carbocycles. The molecule has 1 atom stereocenters. The third kappa shape index (κ3) is 4.08. The van der Waals surface area contributed by atoms with Crippen molar-refractivity contribution >= 4 is 16.9 Å². The number of fused-ring (bicyclic) bond motifs is 1. The molecule has 0 spiro atoms. The monoisotopic (exact) mass is 378 g/mol. The summed E-state index contributed by atoms with van der Waals surface area (Å²) in [7, 11) is 0. The molecule has 2 aromatic heterocycles. The predicted molar refractivity (Wildman–Crippen MR) is 109 cm³/mol. The lowest BCUT2D eigenvalue weighted by Crippen LogP contribution is -2.37. The van der Waals surface area contributed by atoms with Crippen LogP contribution in [0.25, 0.3) is 10.9 Å². The first kappa shape index (κ1) is 18.7. The van der Waals surface area contributed by atoms with Gasteiger partial charge in [-0.15, -0.1) is 0 Å². The van der Waals surface area contributed by atoms with Gasteiger partial charge in [0.1, 0.15) is 6.04 Å². The Balaban J connectivity index is 1.45. The number of carboxylic acid groups (broad SMARTS) is 1. The molecule has 6 nitrogen and oxygen atoms in total. The van der Waals surface area contributed by atoms with E-state index >= 15 is 0 Å². The van der Waals surface area contributed by atoms with E-state index in [9.17, 15) is 9.90 Å². The summed E-state index contributed by atoms with van der Waals surface area (Å²) in [4.78, 5) is 24.0. The van der Waals surface area contributed by atoms with Crippen LogP contribution >= 0.6 is 0 Å². The molecule has 1 aliphatic rings. The van der Waals surface area contributed by atoms with E-state index < -0.39 is 12.0 Å². The lowest BCUT2D eigenvalue weighted by Gasteiger charge is -2.27. The van der Waals surface area contributed by atoms with Crippen LogP contribution in [0.4, 0.5) is 0 Å². The van der Waals surface area contributed by atoms with Crippen molar-refractivity contribution < 1.29 is 9.90 Å². The first-order valence-electron chi connectivity index (χ1n) is 9.86. The van der Waals surface area contributed by atoms with Gasteiger partial charge in [0.15, 0.2) is 0 Å². The average Bonchev–Trinajstić information content (AvgIpc) is 2.99. The number of carbonyl (C=O) groups is 1. The summed E-state index contributed by atoms with van der Waals surface area (Å²) in [6, 6.07) is 11.4. The van der Waals surface area contributed by atoms with Crippen molar-refractivity contribution in [1.29, 1.82) is 0 Å². The van der Waals surface area contributed by atoms with Gasteiger partial charge in [-0.3, -0.25) is 14.7 Å². The minimum absolute atomic E-state index is 0.615. The van der Waals surface area contributed by atoms with Crippen molar-refractivity contribution in [2.75, 3.05) is 32.7 Å². The summed E-state index contributed by atoms with van der Waals surface area (Å²) in [5.41, 5.74) is 3.13. The van der Waals surface area contributed by atoms with Crippen LogP contribution in [0.2, 0.25) is 0 Å². The van der Waals surface area contributed by atoms with Crippen LogP contribution in [-0.4, -0.2) is 63.6 Å². The second kappa shape index (κ2) is 8.54. The van der Waals surface area contributed by atoms with E-state index in [-0.39, 0.29) is 0 Å². The van der Waals surface area contributed by atoms with Crippen molar-refractivity contribution in [3.63, 3.8) is 0 Å². The topological polar surface area (TPSA) is 72.5 Å². The number of aromatic nitrogens is 2. The maximum absolute atomic E-state index is 12.2. The average molecular weight is 378 g/mol. The molecule has 0 bridgehead atoms. The Hall–Kier alpha value is -2.70. The highest BCUT2D eigenvalue weighted by Crippen LogP contribution is 2.29. The summed E-state index contributed by atoms with van der Waals surface area (Å²) in [6.45, 7) is 4.43. The Morgan fingerprint density at radius 1 is 1.11 bits per heavy atom. The van der Waals surface area contributed by atoms with E-state index in [1.807, 2.05) is 42.9 Å². The lowest BCUT2D eigenvalue weighted by molar-refractivity contribution is -0.143. The fourth-order valence-corrected chi connectivity index (χ4v) is 4.12. The molecule has 0 radical (unpaired) electrons. The molecule has 1 aromatic carbocycles. The smallest absolute Gasteiger partial charge is 0.325 e. The Morgan fingerprint density at radius 2 is 1.93 bits per heavy atom. The zero-order valence-electron chi connectivity index (χ0n) is 15.9. The van der Waals surface area contributed by atoms with Gasteiger partial charge in [0.2, 0.25) is 0 Å². The van der Waals surface area contributed by atoms with Crippen LogP contribution < -0.4 is 0 Å². The molecule has 4 rings (SSSR count). The molecule has 0 saturated carbocycles. The van der Waals surface area contributed by atoms with Crippen molar-refractivity contribution in [3.8, 4) is 0 Å². The SMILES string of the molecule is O=C(O)[C@@H](c1c[nH]c2ccccc12)N1CCCN(CCc2ccncc2)CC1. The Labute approximate surface area is 164 Å². The predicted octanol–water partition coefficient (Wildman–Crippen LogP) is 2.94. The molecule has 0 unspecified atom stereocenters. The first-order valence-corrected chi connectivity index (χ1v) is 9.86. The van der Waals surface area contributed by atoms with Gasteiger partial charge in [0.05, 0.1) is 0 Å². The number of pyridine rings is 1. The van der Waals surface area contributed by atoms with E-state index in [1.54, 1.807) is 0 Å². The fraction of sp³-hybridized carbons (Fsp3) is 0.364. The van der Waals surface area contributed by atoms with Crippen molar-refractivity contribution in [3.05, 3.63) is 66.1 Å². The molecule has 1 aliphatic heterocycles. The number of aromatic amines is 1. The van der Waals surface area contributed by atoms with Crippen molar-refractivity contribution in [2.24, 2.45) is 0 Å². The lowest BCUT2D eigenvalue weighted by atomic mass is 10.0. The number of H-pyrrole nitrogens is 1. The molecule has 1 saturated heterocycles. The minimum Gasteiger partial charge on any atom is -0.480 e. The maximum Gasteiger partial charge on any atom is 0.325 e. The van der Waals surface area contributed by atoms with E-state index in [0.29, 0.717) is 0 Å². The highest BCUT2D eigenvalue weighted by Gasteiger charge is 2.30. The van der Waals surface area contributed by atoms with E-state index in [4.69, 9.17) is 0 Å². The van der Waals surface area contributed by atoms with E-state index in [0.717, 1.165) is 62.0 Å². The Bertz CT molecular complexity index is 924. The molecular formula is C22H26N4O2. The summed E-state index contributed by atoms with van der Waals surface area (Å²) < 4.78 is 0. The molecule has 6 heteroatoms. The first-order chi connectivity index (χ1) is 13.7. The number of benzene rings is 1. The maximum atomic E-state index is 12.2. The normalized spacial score (nSPS) is 17.4. The highest BCUT2D eigenvalue weighted by molar-refractivity contribution is 5.89. The van der Waals surface area contributed by atoms with Crippen molar-refractivity contribution in [1.82, 2.24) is 19.8 Å². The standard InChI is InChI=1S/C22H26N4O2/c27-22(28)21(19-16-24-20-5-2-1-4-18(19)20)26-12-3-11-25(14-15-26)13-8-17-6-9-23-10-7-17/h1-2,4-7,9-10,16,21,24H,3,8,11-15H2,(H,27,28)/t21-/m1/s1. The van der Waals surface area contributed by atoms with Crippen LogP contribution in [0.3, 0.4) is 0 Å². The molecule has 146 valence electrons. The van der Waals surface area contributed by atoms with Gasteiger partial charge in [-0.05, 0) is 43.1 Å². The van der Waals surface area contributed by atoms with Crippen LogP contribution in [0.15, 0.2) is 55.0 Å². The van der Waals surface area contributed by atoms with Gasteiger partial charge in [-0.1, -0.05) is 18.2 Å². The van der Waals surface area contributed by atoms with Crippen LogP contribution in [0.5, 0.6) is 0 Å². The van der Waals surface area contributed by atoms with Gasteiger partial charge in [-0.25, -0.2) is 0 Å². The van der Waals surface area contributed by atoms with Gasteiger partial charge in [-0.2, -0.15) is 0 Å². The Morgan fingerprint density at radius 3 is 2.75 bits per heavy atom. The largest absolute Gasteiger partial charge is 0.480 e. The zero-order valence-corrected chi connectivity index (χ0v) is 15.9. The minimum atomic E-state index is -0.782. The molecule has 0 amide bonds. The number of rotatable bonds is 6. The number of hydrogen-bond donors (Lipinski definition) is 2. The number of para-hydroxylation sites is 1. The van der Waals surface area contributed by atoms with Crippen LogP contribution in [0, 0.1) is 0 Å². The van der Waals surface area contributed by atoms with E-state index in [1.165, 1.54) is 5.56 Å². The number of nitrogens with zero attached hydrogens (tertiary/aromatic N) is 3. The molecule has 3 aromatic rings. The van der Waals surface area contributed by atoms with Gasteiger partial charge in [0, 0.05) is 61.2 Å². The highest BCUT2D eigenvalue weighted by atomic mass is 16.4. The second-order valence-electron chi connectivity index (χ2n) is 7.37. The molecule has 2 N–H and O–H groups in total. The molecule has 1 fully saturated rings. The Kier molecular flexibility index (Phi) is 5.69. The van der Waals surface area contributed by atoms with Gasteiger partial charge in [0.25, 0.3) is 0 Å². The van der Waals surface area contributed by atoms with Gasteiger partial charge >= 0.3 is 5.97 Å². The van der Waals surface area contributed by atoms with Crippen LogP contribution in [-0.2, 0) is 11.2 Å². The third-order valence-electron chi connectivity index (χ3n) is 5.60. The summed E-state index contributed by atoms with van der Waals surface area (Å²) in [5.74, 6) is -0.782. The third-order valence-corrected chi connectivity index (χ3v) is 5.60. The molecule has 28 heavy (non-hydrogen) atoms. The molecule has 3 heterocycles. The van der Waals surface area contributed by atoms with E-state index in [2.05, 4.69) is 31.9 Å². The number of aliphatic carboxylic acids is 1. The number of hydrogen-bond acceptors (Lipinski definition) is 4. The second-order valence-corrected chi connectivity index (χ2v) is 7.37. The number of carboxylic acids is 1. The summed E-state index contributed by atoms with van der Waals surface area (Å²) >= 11 is 0. The van der Waals surface area contributed by atoms with Crippen molar-refractivity contribution in [2.45, 2.75) is 18.9 Å². The fourth-order valence-electron chi connectivity index (χ4n) is 4.12. The summed E-state index contributed by atoms with van der Waals surface area (Å²) in [6.07, 6.45) is 7.49. The van der Waals surface area contributed by atoms with Gasteiger partial charge < -0.3 is 15.0 Å². The number of nitrogens with one attached hydrogen (secondary N) is 1. The zero-order chi connectivity index (χ0) is 19.3. The quantitative estimate of drug-likeness (QED) is 0.690. The van der Waals surface area contributed by atoms with Crippen LogP contribution in [0.1, 0.15) is 23.6 Å².